The molecule has 3 aliphatic rings. The van der Waals surface area contributed by atoms with Crippen LogP contribution in [-0.2, 0) is 22.4 Å². The summed E-state index contributed by atoms with van der Waals surface area (Å²) in [6.45, 7) is 5.59. The number of aromatic amines is 2. The van der Waals surface area contributed by atoms with Crippen molar-refractivity contribution in [3.8, 4) is 11.5 Å². The molecule has 0 unspecified atom stereocenters. The van der Waals surface area contributed by atoms with E-state index in [1.807, 2.05) is 20.0 Å². The molecule has 3 aromatic rings. The number of hydrogen-bond acceptors (Lipinski definition) is 4. The van der Waals surface area contributed by atoms with Gasteiger partial charge in [0.15, 0.2) is 5.82 Å². The number of ether oxygens (including phenoxy) is 1. The highest BCUT2D eigenvalue weighted by Gasteiger charge is 2.53. The Bertz CT molecular complexity index is 1170. The first-order chi connectivity index (χ1) is 14.4. The molecule has 1 aromatic carbocycles. The summed E-state index contributed by atoms with van der Waals surface area (Å²) in [4.78, 5) is 22.9. The normalized spacial score (nSPS) is 27.2. The third-order valence-corrected chi connectivity index (χ3v) is 7.52. The number of rotatable bonds is 3. The van der Waals surface area contributed by atoms with Gasteiger partial charge in [-0.1, -0.05) is 6.92 Å². The summed E-state index contributed by atoms with van der Waals surface area (Å²) in [6.07, 6.45) is 4.27. The zero-order valence-electron chi connectivity index (χ0n) is 17.7. The highest BCUT2D eigenvalue weighted by Crippen LogP contribution is 2.59. The van der Waals surface area contributed by atoms with Crippen LogP contribution >= 0.6 is 0 Å². The maximum atomic E-state index is 12.9. The Kier molecular flexibility index (Phi) is 3.73. The summed E-state index contributed by atoms with van der Waals surface area (Å²) in [5, 5.41) is 7.88. The minimum absolute atomic E-state index is 0.0523. The van der Waals surface area contributed by atoms with Gasteiger partial charge in [-0.15, -0.1) is 0 Å². The van der Waals surface area contributed by atoms with Crippen molar-refractivity contribution in [2.45, 2.75) is 39.5 Å². The highest BCUT2D eigenvalue weighted by molar-refractivity contribution is 5.97. The Hall–Kier alpha value is -2.67. The predicted molar refractivity (Wildman–Crippen MR) is 114 cm³/mol. The molecular weight excluding hydrogens is 378 g/mol. The molecular formula is C23H27N5O2. The first-order valence-corrected chi connectivity index (χ1v) is 10.8. The van der Waals surface area contributed by atoms with Crippen molar-refractivity contribution in [2.75, 3.05) is 25.2 Å². The van der Waals surface area contributed by atoms with Gasteiger partial charge in [0.05, 0.1) is 23.6 Å². The number of imidazole rings is 1. The summed E-state index contributed by atoms with van der Waals surface area (Å²) < 4.78 is 5.40. The molecule has 6 rings (SSSR count). The van der Waals surface area contributed by atoms with Gasteiger partial charge in [0.1, 0.15) is 5.69 Å². The molecule has 2 N–H and O–H groups in total. The lowest BCUT2D eigenvalue weighted by molar-refractivity contribution is -0.122. The molecule has 7 heteroatoms. The Morgan fingerprint density at radius 2 is 2.23 bits per heavy atom. The Labute approximate surface area is 175 Å². The lowest BCUT2D eigenvalue weighted by atomic mass is 9.88. The number of carbonyl (C=O) groups excluding carboxylic acids is 1. The van der Waals surface area contributed by atoms with E-state index in [9.17, 15) is 4.79 Å². The van der Waals surface area contributed by atoms with Crippen molar-refractivity contribution >= 4 is 22.6 Å². The van der Waals surface area contributed by atoms with Crippen LogP contribution in [0.15, 0.2) is 12.1 Å². The fourth-order valence-electron chi connectivity index (χ4n) is 5.40. The zero-order chi connectivity index (χ0) is 20.6. The molecule has 0 bridgehead atoms. The van der Waals surface area contributed by atoms with E-state index >= 15 is 0 Å². The zero-order valence-corrected chi connectivity index (χ0v) is 17.7. The number of carbonyl (C=O) groups is 1. The van der Waals surface area contributed by atoms with Crippen molar-refractivity contribution in [3.63, 3.8) is 0 Å². The number of benzene rings is 1. The number of H-pyrrole nitrogens is 2. The van der Waals surface area contributed by atoms with E-state index in [0.717, 1.165) is 59.0 Å². The smallest absolute Gasteiger partial charge is 0.232 e. The van der Waals surface area contributed by atoms with Crippen LogP contribution in [-0.4, -0.2) is 46.3 Å². The molecule has 1 aliphatic heterocycles. The van der Waals surface area contributed by atoms with Crippen molar-refractivity contribution in [2.24, 2.45) is 17.3 Å². The highest BCUT2D eigenvalue weighted by atomic mass is 16.5. The maximum absolute atomic E-state index is 12.9. The number of anilines is 1. The summed E-state index contributed by atoms with van der Waals surface area (Å²) in [6, 6.07) is 4.09. The van der Waals surface area contributed by atoms with E-state index < -0.39 is 0 Å². The summed E-state index contributed by atoms with van der Waals surface area (Å²) >= 11 is 0. The lowest BCUT2D eigenvalue weighted by Gasteiger charge is -2.22. The van der Waals surface area contributed by atoms with E-state index in [1.165, 1.54) is 17.7 Å². The summed E-state index contributed by atoms with van der Waals surface area (Å²) in [7, 11) is 1.85. The number of fused-ring (bicyclic) bond motifs is 3. The molecule has 30 heavy (non-hydrogen) atoms. The number of hydrogen-bond donors (Lipinski definition) is 2. The van der Waals surface area contributed by atoms with E-state index in [0.29, 0.717) is 18.6 Å². The Morgan fingerprint density at radius 3 is 3.03 bits per heavy atom. The fraction of sp³-hybridized carbons (Fsp3) is 0.522. The first-order valence-electron chi connectivity index (χ1n) is 10.8. The topological polar surface area (TPSA) is 86.9 Å². The minimum Gasteiger partial charge on any atom is -0.381 e. The second-order valence-corrected chi connectivity index (χ2v) is 9.66. The van der Waals surface area contributed by atoms with Crippen LogP contribution < -0.4 is 4.90 Å². The van der Waals surface area contributed by atoms with E-state index in [4.69, 9.17) is 9.72 Å². The SMILES string of the molecule is Cc1cc2[nH]c(-c3n[nH]c4c3C[C@@H]3C[C@]3(C)C4)nc2cc1N(C)C(=O)[C@@H]1CCOC1. The average Bonchev–Trinajstić information content (AvgIpc) is 3.18. The molecule has 3 atom stereocenters. The van der Waals surface area contributed by atoms with Gasteiger partial charge < -0.3 is 14.6 Å². The molecule has 2 fully saturated rings. The van der Waals surface area contributed by atoms with Crippen LogP contribution in [0.2, 0.25) is 0 Å². The maximum Gasteiger partial charge on any atom is 0.232 e. The van der Waals surface area contributed by atoms with E-state index in [-0.39, 0.29) is 11.8 Å². The molecule has 2 aromatic heterocycles. The summed E-state index contributed by atoms with van der Waals surface area (Å²) in [5.74, 6) is 1.64. The number of nitrogens with zero attached hydrogens (tertiary/aromatic N) is 3. The minimum atomic E-state index is -0.0523. The quantitative estimate of drug-likeness (QED) is 0.699. The third-order valence-electron chi connectivity index (χ3n) is 7.52. The molecule has 2 aliphatic carbocycles. The number of aromatic nitrogens is 4. The second-order valence-electron chi connectivity index (χ2n) is 9.66. The van der Waals surface area contributed by atoms with Gasteiger partial charge in [-0.2, -0.15) is 5.10 Å². The van der Waals surface area contributed by atoms with E-state index in [1.54, 1.807) is 4.90 Å². The molecule has 0 radical (unpaired) electrons. The fourth-order valence-corrected chi connectivity index (χ4v) is 5.40. The van der Waals surface area contributed by atoms with Crippen molar-refractivity contribution < 1.29 is 9.53 Å². The Balaban J connectivity index is 1.35. The van der Waals surface area contributed by atoms with Crippen LogP contribution in [0.25, 0.3) is 22.6 Å². The van der Waals surface area contributed by atoms with Gasteiger partial charge in [-0.3, -0.25) is 9.89 Å². The summed E-state index contributed by atoms with van der Waals surface area (Å²) in [5.41, 5.74) is 7.78. The third kappa shape index (κ3) is 2.64. The first kappa shape index (κ1) is 18.1. The van der Waals surface area contributed by atoms with Crippen molar-refractivity contribution in [3.05, 3.63) is 29.0 Å². The van der Waals surface area contributed by atoms with Crippen LogP contribution in [0, 0.1) is 24.2 Å². The number of aryl methyl sites for hydroxylation is 1. The molecule has 0 spiro atoms. The van der Waals surface area contributed by atoms with Crippen LogP contribution in [0.4, 0.5) is 5.69 Å². The average molecular weight is 406 g/mol. The van der Waals surface area contributed by atoms with Gasteiger partial charge in [0.2, 0.25) is 5.91 Å². The van der Waals surface area contributed by atoms with Gasteiger partial charge >= 0.3 is 0 Å². The van der Waals surface area contributed by atoms with Crippen molar-refractivity contribution in [1.82, 2.24) is 20.2 Å². The Morgan fingerprint density at radius 1 is 1.37 bits per heavy atom. The monoisotopic (exact) mass is 405 g/mol. The van der Waals surface area contributed by atoms with Crippen LogP contribution in [0.1, 0.15) is 36.6 Å². The molecule has 156 valence electrons. The second kappa shape index (κ2) is 6.17. The van der Waals surface area contributed by atoms with Gasteiger partial charge in [-0.25, -0.2) is 4.98 Å². The molecule has 1 saturated heterocycles. The lowest BCUT2D eigenvalue weighted by Crippen LogP contribution is -2.33. The van der Waals surface area contributed by atoms with Crippen molar-refractivity contribution in [1.29, 1.82) is 0 Å². The largest absolute Gasteiger partial charge is 0.381 e. The molecule has 1 saturated carbocycles. The number of amides is 1. The van der Waals surface area contributed by atoms with Crippen LogP contribution in [0.5, 0.6) is 0 Å². The predicted octanol–water partition coefficient (Wildman–Crippen LogP) is 3.39. The van der Waals surface area contributed by atoms with Gasteiger partial charge in [-0.05, 0) is 61.6 Å². The molecule has 1 amide bonds. The molecule has 7 nitrogen and oxygen atoms in total. The van der Waals surface area contributed by atoms with Gasteiger partial charge in [0.25, 0.3) is 0 Å². The van der Waals surface area contributed by atoms with Crippen LogP contribution in [0.3, 0.4) is 0 Å². The van der Waals surface area contributed by atoms with Gasteiger partial charge in [0, 0.05) is 30.6 Å². The van der Waals surface area contributed by atoms with E-state index in [2.05, 4.69) is 28.2 Å². The number of nitrogens with one attached hydrogen (secondary N) is 2. The molecule has 3 heterocycles. The standard InChI is InChI=1S/C23H27N5O2/c1-12-6-16-17(8-19(12)28(3)22(29)13-4-5-30-11-13)25-21(24-16)20-15-7-14-9-23(14,2)10-18(15)26-27-20/h6,8,13-14H,4-5,7,9-11H2,1-3H3,(H,24,25)(H,26,27)/t13-,14-,23-/m1/s1.